The number of aromatic amines is 1. The number of hydrogen-bond acceptors (Lipinski definition) is 7. The Balaban J connectivity index is 1.73. The molecular weight excluding hydrogens is 454 g/mol. The zero-order valence-electron chi connectivity index (χ0n) is 19.7. The molecule has 35 heavy (non-hydrogen) atoms. The first kappa shape index (κ1) is 25.6. The number of carbonyl (C=O) groups is 2. The van der Waals surface area contributed by atoms with Crippen molar-refractivity contribution in [2.75, 3.05) is 13.2 Å². The van der Waals surface area contributed by atoms with Crippen molar-refractivity contribution < 1.29 is 29.6 Å². The van der Waals surface area contributed by atoms with E-state index in [1.54, 1.807) is 6.07 Å². The number of aromatic nitrogens is 1. The highest BCUT2D eigenvalue weighted by molar-refractivity contribution is 5.98. The number of H-pyrrole nitrogens is 1. The summed E-state index contributed by atoms with van der Waals surface area (Å²) in [5, 5.41) is 34.6. The van der Waals surface area contributed by atoms with Gasteiger partial charge in [-0.1, -0.05) is 12.1 Å². The molecule has 1 heterocycles. The number of phenols is 3. The molecule has 0 bridgehead atoms. The minimum atomic E-state index is -1.07. The highest BCUT2D eigenvalue weighted by Crippen LogP contribution is 2.25. The van der Waals surface area contributed by atoms with Gasteiger partial charge in [-0.05, 0) is 57.0 Å². The number of benzene rings is 2. The first-order valence-corrected chi connectivity index (χ1v) is 11.0. The van der Waals surface area contributed by atoms with E-state index in [0.717, 1.165) is 6.07 Å². The minimum Gasteiger partial charge on any atom is -0.506 e. The van der Waals surface area contributed by atoms with Crippen LogP contribution in [0.5, 0.6) is 17.2 Å². The second-order valence-corrected chi connectivity index (χ2v) is 9.06. The molecule has 2 amide bonds. The number of amides is 2. The molecule has 0 spiro atoms. The van der Waals surface area contributed by atoms with Gasteiger partial charge in [0.05, 0.1) is 17.7 Å². The van der Waals surface area contributed by atoms with Crippen LogP contribution in [0.3, 0.4) is 0 Å². The summed E-state index contributed by atoms with van der Waals surface area (Å²) in [6, 6.07) is 8.85. The number of ether oxygens (including phenoxy) is 1. The Labute approximate surface area is 201 Å². The Morgan fingerprint density at radius 3 is 2.46 bits per heavy atom. The van der Waals surface area contributed by atoms with E-state index in [0.29, 0.717) is 12.0 Å². The quantitative estimate of drug-likeness (QED) is 0.267. The summed E-state index contributed by atoms with van der Waals surface area (Å²) in [6.45, 7) is 5.51. The largest absolute Gasteiger partial charge is 0.506 e. The lowest BCUT2D eigenvalue weighted by Gasteiger charge is -2.24. The fourth-order valence-electron chi connectivity index (χ4n) is 3.31. The molecule has 2 aromatic carbocycles. The highest BCUT2D eigenvalue weighted by atomic mass is 16.5. The molecule has 1 atom stereocenters. The van der Waals surface area contributed by atoms with Gasteiger partial charge in [0, 0.05) is 18.0 Å². The van der Waals surface area contributed by atoms with Gasteiger partial charge in [-0.2, -0.15) is 0 Å². The van der Waals surface area contributed by atoms with E-state index in [-0.39, 0.29) is 47.0 Å². The first-order valence-electron chi connectivity index (χ1n) is 11.0. The maximum Gasteiger partial charge on any atom is 0.268 e. The number of carbonyl (C=O) groups excluding carboxylic acids is 2. The van der Waals surface area contributed by atoms with Gasteiger partial charge in [0.15, 0.2) is 16.9 Å². The summed E-state index contributed by atoms with van der Waals surface area (Å²) in [5.41, 5.74) is -0.327. The van der Waals surface area contributed by atoms with Gasteiger partial charge in [0.2, 0.25) is 5.91 Å². The van der Waals surface area contributed by atoms with Crippen molar-refractivity contribution in [3.63, 3.8) is 0 Å². The summed E-state index contributed by atoms with van der Waals surface area (Å²) >= 11 is 0. The maximum atomic E-state index is 12.9. The molecular formula is C25H29N3O7. The van der Waals surface area contributed by atoms with Gasteiger partial charge in [0.25, 0.3) is 5.91 Å². The third kappa shape index (κ3) is 6.73. The van der Waals surface area contributed by atoms with Crippen LogP contribution >= 0.6 is 0 Å². The minimum absolute atomic E-state index is 0.114. The second kappa shape index (κ2) is 10.5. The third-order valence-electron chi connectivity index (χ3n) is 5.15. The monoisotopic (exact) mass is 483 g/mol. The molecule has 0 radical (unpaired) electrons. The van der Waals surface area contributed by atoms with Gasteiger partial charge in [0.1, 0.15) is 17.5 Å². The molecule has 0 unspecified atom stereocenters. The second-order valence-electron chi connectivity index (χ2n) is 9.06. The SMILES string of the molecule is CC(C)(C)OC[C@H](NC(=O)c1cc(=O)c2cccc(O)c2[nH]1)C(=O)NCCc1ccc(O)c(O)c1. The van der Waals surface area contributed by atoms with Crippen LogP contribution in [0.25, 0.3) is 10.9 Å². The van der Waals surface area contributed by atoms with Gasteiger partial charge < -0.3 is 35.7 Å². The Hall–Kier alpha value is -4.05. The number of fused-ring (bicyclic) bond motifs is 1. The summed E-state index contributed by atoms with van der Waals surface area (Å²) < 4.78 is 5.71. The number of rotatable bonds is 8. The predicted octanol–water partition coefficient (Wildman–Crippen LogP) is 1.92. The van der Waals surface area contributed by atoms with Crippen LogP contribution in [0.4, 0.5) is 0 Å². The van der Waals surface area contributed by atoms with Crippen LogP contribution in [-0.2, 0) is 16.0 Å². The number of hydrogen-bond donors (Lipinski definition) is 6. The zero-order chi connectivity index (χ0) is 25.8. The molecule has 10 heteroatoms. The van der Waals surface area contributed by atoms with E-state index < -0.39 is 28.9 Å². The summed E-state index contributed by atoms with van der Waals surface area (Å²) in [6.07, 6.45) is 0.373. The first-order chi connectivity index (χ1) is 16.4. The van der Waals surface area contributed by atoms with Crippen LogP contribution in [0.1, 0.15) is 36.8 Å². The molecule has 0 saturated carbocycles. The van der Waals surface area contributed by atoms with Crippen molar-refractivity contribution in [3.05, 3.63) is 63.9 Å². The van der Waals surface area contributed by atoms with Crippen LogP contribution in [-0.4, -0.2) is 56.9 Å². The molecule has 10 nitrogen and oxygen atoms in total. The number of aromatic hydroxyl groups is 3. The summed E-state index contributed by atoms with van der Waals surface area (Å²) in [4.78, 5) is 40.9. The standard InChI is InChI=1S/C25H29N3O7/c1-25(2,3)35-13-17(23(33)26-10-9-14-7-8-18(29)21(32)11-14)28-24(34)16-12-20(31)15-5-4-6-19(30)22(15)27-16/h4-8,11-12,17,29-30,32H,9-10,13H2,1-3H3,(H,26,33)(H,27,31)(H,28,34)/t17-/m0/s1. The summed E-state index contributed by atoms with van der Waals surface area (Å²) in [5.74, 6) is -1.89. The highest BCUT2D eigenvalue weighted by Gasteiger charge is 2.25. The molecule has 3 aromatic rings. The molecule has 0 aliphatic rings. The smallest absolute Gasteiger partial charge is 0.268 e. The normalized spacial score (nSPS) is 12.3. The maximum absolute atomic E-state index is 12.9. The van der Waals surface area contributed by atoms with Crippen molar-refractivity contribution in [3.8, 4) is 17.2 Å². The summed E-state index contributed by atoms with van der Waals surface area (Å²) in [7, 11) is 0. The lowest BCUT2D eigenvalue weighted by Crippen LogP contribution is -2.51. The van der Waals surface area contributed by atoms with Crippen molar-refractivity contribution in [2.45, 2.75) is 38.8 Å². The van der Waals surface area contributed by atoms with Gasteiger partial charge in [-0.15, -0.1) is 0 Å². The van der Waals surface area contributed by atoms with Crippen LogP contribution < -0.4 is 16.1 Å². The molecule has 0 saturated heterocycles. The molecule has 0 aliphatic heterocycles. The molecule has 186 valence electrons. The predicted molar refractivity (Wildman–Crippen MR) is 130 cm³/mol. The van der Waals surface area contributed by atoms with E-state index in [4.69, 9.17) is 4.74 Å². The van der Waals surface area contributed by atoms with Crippen LogP contribution in [0.2, 0.25) is 0 Å². The molecule has 1 aromatic heterocycles. The fourth-order valence-corrected chi connectivity index (χ4v) is 3.31. The fraction of sp³-hybridized carbons (Fsp3) is 0.320. The van der Waals surface area contributed by atoms with Crippen LogP contribution in [0, 0.1) is 0 Å². The van der Waals surface area contributed by atoms with Crippen LogP contribution in [0.15, 0.2) is 47.3 Å². The lowest BCUT2D eigenvalue weighted by molar-refractivity contribution is -0.126. The molecule has 0 aliphatic carbocycles. The Bertz CT molecular complexity index is 1290. The van der Waals surface area contributed by atoms with Crippen molar-refractivity contribution in [2.24, 2.45) is 0 Å². The number of phenolic OH excluding ortho intramolecular Hbond substituents is 3. The van der Waals surface area contributed by atoms with E-state index in [1.807, 2.05) is 20.8 Å². The zero-order valence-corrected chi connectivity index (χ0v) is 19.7. The average Bonchev–Trinajstić information content (AvgIpc) is 2.78. The van der Waals surface area contributed by atoms with Crippen molar-refractivity contribution >= 4 is 22.7 Å². The lowest BCUT2D eigenvalue weighted by atomic mass is 10.1. The Morgan fingerprint density at radius 2 is 1.77 bits per heavy atom. The van der Waals surface area contributed by atoms with Gasteiger partial charge >= 0.3 is 0 Å². The number of pyridine rings is 1. The number of nitrogens with one attached hydrogen (secondary N) is 3. The molecule has 6 N–H and O–H groups in total. The molecule has 0 fully saturated rings. The Morgan fingerprint density at radius 1 is 1.03 bits per heavy atom. The van der Waals surface area contributed by atoms with E-state index in [9.17, 15) is 29.7 Å². The third-order valence-corrected chi connectivity index (χ3v) is 5.15. The van der Waals surface area contributed by atoms with Crippen molar-refractivity contribution in [1.29, 1.82) is 0 Å². The van der Waals surface area contributed by atoms with E-state index in [2.05, 4.69) is 15.6 Å². The van der Waals surface area contributed by atoms with Crippen molar-refractivity contribution in [1.82, 2.24) is 15.6 Å². The van der Waals surface area contributed by atoms with E-state index in [1.165, 1.54) is 30.3 Å². The van der Waals surface area contributed by atoms with Gasteiger partial charge in [-0.3, -0.25) is 14.4 Å². The number of para-hydroxylation sites is 1. The average molecular weight is 484 g/mol. The van der Waals surface area contributed by atoms with Gasteiger partial charge in [-0.25, -0.2) is 0 Å². The van der Waals surface area contributed by atoms with E-state index >= 15 is 0 Å². The topological polar surface area (TPSA) is 161 Å². The Kier molecular flexibility index (Phi) is 7.65. The molecule has 3 rings (SSSR count).